The van der Waals surface area contributed by atoms with Gasteiger partial charge in [-0.1, -0.05) is 65.3 Å². The van der Waals surface area contributed by atoms with Crippen molar-refractivity contribution >= 4 is 15.9 Å². The highest BCUT2D eigenvalue weighted by atomic mass is 79.9. The van der Waals surface area contributed by atoms with Crippen molar-refractivity contribution in [2.45, 2.75) is 19.4 Å². The topological polar surface area (TPSA) is 12.0 Å². The van der Waals surface area contributed by atoms with Crippen LogP contribution in [0.2, 0.25) is 0 Å². The summed E-state index contributed by atoms with van der Waals surface area (Å²) in [5.74, 6) is 0.529. The molecule has 0 saturated heterocycles. The summed E-state index contributed by atoms with van der Waals surface area (Å²) in [7, 11) is 0. The SMILES string of the molecule is CC(CNCc1ccccc1)c1ccc(Br)cc1. The Morgan fingerprint density at radius 2 is 1.67 bits per heavy atom. The van der Waals surface area contributed by atoms with Gasteiger partial charge in [0.15, 0.2) is 0 Å². The van der Waals surface area contributed by atoms with Crippen molar-refractivity contribution in [2.24, 2.45) is 0 Å². The van der Waals surface area contributed by atoms with E-state index in [1.54, 1.807) is 0 Å². The van der Waals surface area contributed by atoms with E-state index in [1.165, 1.54) is 11.1 Å². The molecule has 0 bridgehead atoms. The third-order valence-electron chi connectivity index (χ3n) is 3.06. The Hall–Kier alpha value is -1.12. The second-order valence-corrected chi connectivity index (χ2v) is 5.48. The molecule has 2 aromatic rings. The first kappa shape index (κ1) is 13.3. The second kappa shape index (κ2) is 6.72. The third kappa shape index (κ3) is 3.97. The summed E-state index contributed by atoms with van der Waals surface area (Å²) in [6.45, 7) is 4.18. The van der Waals surface area contributed by atoms with E-state index in [0.29, 0.717) is 5.92 Å². The summed E-state index contributed by atoms with van der Waals surface area (Å²) in [5, 5.41) is 3.50. The van der Waals surface area contributed by atoms with E-state index < -0.39 is 0 Å². The molecule has 0 amide bonds. The number of halogens is 1. The minimum absolute atomic E-state index is 0.529. The van der Waals surface area contributed by atoms with Crippen molar-refractivity contribution in [2.75, 3.05) is 6.54 Å². The first-order chi connectivity index (χ1) is 8.75. The molecule has 0 spiro atoms. The van der Waals surface area contributed by atoms with Crippen LogP contribution >= 0.6 is 15.9 Å². The van der Waals surface area contributed by atoms with Gasteiger partial charge in [-0.2, -0.15) is 0 Å². The molecule has 2 aromatic carbocycles. The Morgan fingerprint density at radius 3 is 2.33 bits per heavy atom. The molecule has 0 radical (unpaired) electrons. The highest BCUT2D eigenvalue weighted by Crippen LogP contribution is 2.17. The van der Waals surface area contributed by atoms with Gasteiger partial charge in [0.2, 0.25) is 0 Å². The van der Waals surface area contributed by atoms with Gasteiger partial charge in [0.1, 0.15) is 0 Å². The van der Waals surface area contributed by atoms with Crippen molar-refractivity contribution in [1.82, 2.24) is 5.32 Å². The fourth-order valence-electron chi connectivity index (χ4n) is 1.94. The van der Waals surface area contributed by atoms with Gasteiger partial charge in [-0.25, -0.2) is 0 Å². The molecule has 2 rings (SSSR count). The van der Waals surface area contributed by atoms with E-state index in [1.807, 2.05) is 6.07 Å². The Kier molecular flexibility index (Phi) is 4.97. The van der Waals surface area contributed by atoms with E-state index in [-0.39, 0.29) is 0 Å². The zero-order valence-electron chi connectivity index (χ0n) is 10.6. The van der Waals surface area contributed by atoms with Gasteiger partial charge < -0.3 is 5.32 Å². The first-order valence-electron chi connectivity index (χ1n) is 6.26. The van der Waals surface area contributed by atoms with Crippen LogP contribution in [0.1, 0.15) is 24.0 Å². The van der Waals surface area contributed by atoms with Crippen molar-refractivity contribution in [3.63, 3.8) is 0 Å². The van der Waals surface area contributed by atoms with Gasteiger partial charge in [-0.3, -0.25) is 0 Å². The van der Waals surface area contributed by atoms with Crippen molar-refractivity contribution in [3.05, 3.63) is 70.2 Å². The fraction of sp³-hybridized carbons (Fsp3) is 0.250. The van der Waals surface area contributed by atoms with Crippen molar-refractivity contribution in [3.8, 4) is 0 Å². The average Bonchev–Trinajstić information content (AvgIpc) is 2.40. The lowest BCUT2D eigenvalue weighted by atomic mass is 10.0. The third-order valence-corrected chi connectivity index (χ3v) is 3.59. The van der Waals surface area contributed by atoms with Crippen LogP contribution in [0, 0.1) is 0 Å². The molecular formula is C16H18BrN. The van der Waals surface area contributed by atoms with Crippen LogP contribution in [0.5, 0.6) is 0 Å². The molecular weight excluding hydrogens is 286 g/mol. The van der Waals surface area contributed by atoms with Crippen molar-refractivity contribution < 1.29 is 0 Å². The van der Waals surface area contributed by atoms with Crippen LogP contribution in [-0.4, -0.2) is 6.54 Å². The largest absolute Gasteiger partial charge is 0.312 e. The number of hydrogen-bond donors (Lipinski definition) is 1. The standard InChI is InChI=1S/C16H18BrN/c1-13(15-7-9-16(17)10-8-15)11-18-12-14-5-3-2-4-6-14/h2-10,13,18H,11-12H2,1H3. The molecule has 0 saturated carbocycles. The average molecular weight is 304 g/mol. The van der Waals surface area contributed by atoms with Gasteiger partial charge in [0.25, 0.3) is 0 Å². The Labute approximate surface area is 117 Å². The lowest BCUT2D eigenvalue weighted by Crippen LogP contribution is -2.19. The summed E-state index contributed by atoms with van der Waals surface area (Å²) in [4.78, 5) is 0. The van der Waals surface area contributed by atoms with Crippen LogP contribution in [0.4, 0.5) is 0 Å². The van der Waals surface area contributed by atoms with Gasteiger partial charge in [-0.15, -0.1) is 0 Å². The zero-order chi connectivity index (χ0) is 12.8. The number of rotatable bonds is 5. The first-order valence-corrected chi connectivity index (χ1v) is 7.05. The normalized spacial score (nSPS) is 12.3. The number of nitrogens with one attached hydrogen (secondary N) is 1. The summed E-state index contributed by atoms with van der Waals surface area (Å²) in [6.07, 6.45) is 0. The summed E-state index contributed by atoms with van der Waals surface area (Å²) < 4.78 is 1.13. The molecule has 94 valence electrons. The summed E-state index contributed by atoms with van der Waals surface area (Å²) >= 11 is 3.46. The number of benzene rings is 2. The molecule has 0 aliphatic carbocycles. The summed E-state index contributed by atoms with van der Waals surface area (Å²) in [6, 6.07) is 19.1. The van der Waals surface area contributed by atoms with E-state index in [2.05, 4.69) is 76.7 Å². The van der Waals surface area contributed by atoms with Crippen LogP contribution in [0.25, 0.3) is 0 Å². The molecule has 0 aliphatic rings. The fourth-order valence-corrected chi connectivity index (χ4v) is 2.20. The molecule has 0 aromatic heterocycles. The van der Waals surface area contributed by atoms with E-state index >= 15 is 0 Å². The molecule has 0 fully saturated rings. The highest BCUT2D eigenvalue weighted by molar-refractivity contribution is 9.10. The molecule has 0 heterocycles. The Morgan fingerprint density at radius 1 is 1.00 bits per heavy atom. The van der Waals surface area contributed by atoms with E-state index in [4.69, 9.17) is 0 Å². The van der Waals surface area contributed by atoms with Gasteiger partial charge >= 0.3 is 0 Å². The predicted molar refractivity (Wildman–Crippen MR) is 80.7 cm³/mol. The zero-order valence-corrected chi connectivity index (χ0v) is 12.2. The minimum atomic E-state index is 0.529. The summed E-state index contributed by atoms with van der Waals surface area (Å²) in [5.41, 5.74) is 2.71. The Bertz CT molecular complexity index is 464. The highest BCUT2D eigenvalue weighted by Gasteiger charge is 2.04. The molecule has 1 nitrogen and oxygen atoms in total. The molecule has 1 atom stereocenters. The van der Waals surface area contributed by atoms with Gasteiger partial charge in [0, 0.05) is 17.6 Å². The monoisotopic (exact) mass is 303 g/mol. The molecule has 1 N–H and O–H groups in total. The van der Waals surface area contributed by atoms with Crippen LogP contribution in [0.15, 0.2) is 59.1 Å². The Balaban J connectivity index is 1.81. The number of hydrogen-bond acceptors (Lipinski definition) is 1. The van der Waals surface area contributed by atoms with Crippen LogP contribution in [0.3, 0.4) is 0 Å². The maximum Gasteiger partial charge on any atom is 0.0205 e. The van der Waals surface area contributed by atoms with Crippen LogP contribution < -0.4 is 5.32 Å². The molecule has 2 heteroatoms. The molecule has 1 unspecified atom stereocenters. The minimum Gasteiger partial charge on any atom is -0.312 e. The van der Waals surface area contributed by atoms with Crippen molar-refractivity contribution in [1.29, 1.82) is 0 Å². The molecule has 0 aliphatic heterocycles. The second-order valence-electron chi connectivity index (χ2n) is 4.57. The lowest BCUT2D eigenvalue weighted by molar-refractivity contribution is 0.615. The van der Waals surface area contributed by atoms with Gasteiger partial charge in [0.05, 0.1) is 0 Å². The van der Waals surface area contributed by atoms with Crippen LogP contribution in [-0.2, 0) is 6.54 Å². The lowest BCUT2D eigenvalue weighted by Gasteiger charge is -2.13. The predicted octanol–water partition coefficient (Wildman–Crippen LogP) is 4.34. The molecule has 18 heavy (non-hydrogen) atoms. The maximum atomic E-state index is 3.50. The van der Waals surface area contributed by atoms with E-state index in [9.17, 15) is 0 Å². The maximum absolute atomic E-state index is 3.50. The van der Waals surface area contributed by atoms with E-state index in [0.717, 1.165) is 17.6 Å². The van der Waals surface area contributed by atoms with Gasteiger partial charge in [-0.05, 0) is 29.2 Å². The quantitative estimate of drug-likeness (QED) is 0.866. The smallest absolute Gasteiger partial charge is 0.0205 e.